The van der Waals surface area contributed by atoms with Crippen LogP contribution in [0.25, 0.3) is 11.4 Å². The standard InChI is InChI=1S/C22H22N4O2S/c1-15-19(21(27)25(23(15)3)17-11-7-5-8-12-17)29-20-16(2)24(4)26(22(20)28)18-13-9-6-10-14-18/h5-14H,1-4H3. The van der Waals surface area contributed by atoms with Gasteiger partial charge in [-0.1, -0.05) is 48.2 Å². The fourth-order valence-electron chi connectivity index (χ4n) is 3.42. The van der Waals surface area contributed by atoms with Crippen molar-refractivity contribution in [3.63, 3.8) is 0 Å². The Morgan fingerprint density at radius 1 is 0.621 bits per heavy atom. The van der Waals surface area contributed by atoms with E-state index in [0.29, 0.717) is 9.79 Å². The molecule has 0 aliphatic heterocycles. The Kier molecular flexibility index (Phi) is 4.84. The molecular weight excluding hydrogens is 384 g/mol. The summed E-state index contributed by atoms with van der Waals surface area (Å²) >= 11 is 1.25. The second-order valence-corrected chi connectivity index (χ2v) is 7.90. The van der Waals surface area contributed by atoms with E-state index in [-0.39, 0.29) is 11.1 Å². The Morgan fingerprint density at radius 2 is 0.966 bits per heavy atom. The summed E-state index contributed by atoms with van der Waals surface area (Å²) in [6.07, 6.45) is 0. The molecule has 0 saturated carbocycles. The molecule has 4 aromatic rings. The lowest BCUT2D eigenvalue weighted by Gasteiger charge is -2.07. The average molecular weight is 407 g/mol. The summed E-state index contributed by atoms with van der Waals surface area (Å²) < 4.78 is 6.92. The van der Waals surface area contributed by atoms with Crippen molar-refractivity contribution >= 4 is 11.8 Å². The highest BCUT2D eigenvalue weighted by molar-refractivity contribution is 7.99. The van der Waals surface area contributed by atoms with Gasteiger partial charge in [-0.2, -0.15) is 0 Å². The summed E-state index contributed by atoms with van der Waals surface area (Å²) in [5.41, 5.74) is 2.96. The third-order valence-electron chi connectivity index (χ3n) is 5.21. The predicted molar refractivity (Wildman–Crippen MR) is 116 cm³/mol. The maximum atomic E-state index is 13.2. The molecule has 6 nitrogen and oxygen atoms in total. The monoisotopic (exact) mass is 406 g/mol. The van der Waals surface area contributed by atoms with E-state index in [2.05, 4.69) is 0 Å². The first kappa shape index (κ1) is 19.1. The molecule has 0 aliphatic rings. The molecule has 2 aromatic heterocycles. The van der Waals surface area contributed by atoms with Gasteiger partial charge < -0.3 is 0 Å². The topological polar surface area (TPSA) is 53.9 Å². The van der Waals surface area contributed by atoms with Crippen molar-refractivity contribution in [2.75, 3.05) is 0 Å². The smallest absolute Gasteiger partial charge is 0.284 e. The van der Waals surface area contributed by atoms with Gasteiger partial charge in [0, 0.05) is 14.1 Å². The molecule has 0 amide bonds. The Balaban J connectivity index is 1.85. The van der Waals surface area contributed by atoms with Crippen LogP contribution in [0.15, 0.2) is 80.0 Å². The number of rotatable bonds is 4. The Bertz CT molecular complexity index is 1190. The van der Waals surface area contributed by atoms with Crippen LogP contribution in [-0.2, 0) is 14.1 Å². The summed E-state index contributed by atoms with van der Waals surface area (Å²) in [7, 11) is 3.71. The molecule has 0 unspecified atom stereocenters. The molecule has 4 rings (SSSR count). The van der Waals surface area contributed by atoms with Gasteiger partial charge in [-0.3, -0.25) is 19.0 Å². The molecule has 0 spiro atoms. The second kappa shape index (κ2) is 7.33. The molecule has 0 atom stereocenters. The van der Waals surface area contributed by atoms with Gasteiger partial charge in [-0.15, -0.1) is 0 Å². The van der Waals surface area contributed by atoms with Crippen molar-refractivity contribution in [2.45, 2.75) is 23.6 Å². The molecule has 0 fully saturated rings. The van der Waals surface area contributed by atoms with E-state index in [0.717, 1.165) is 22.8 Å². The Morgan fingerprint density at radius 3 is 1.31 bits per heavy atom. The predicted octanol–water partition coefficient (Wildman–Crippen LogP) is 3.43. The van der Waals surface area contributed by atoms with Crippen molar-refractivity contribution < 1.29 is 0 Å². The summed E-state index contributed by atoms with van der Waals surface area (Å²) in [6.45, 7) is 3.80. The summed E-state index contributed by atoms with van der Waals surface area (Å²) in [6, 6.07) is 19.0. The van der Waals surface area contributed by atoms with Crippen molar-refractivity contribution in [2.24, 2.45) is 14.1 Å². The van der Waals surface area contributed by atoms with Crippen LogP contribution in [-0.4, -0.2) is 18.7 Å². The zero-order valence-electron chi connectivity index (χ0n) is 16.8. The zero-order chi connectivity index (χ0) is 20.7. The van der Waals surface area contributed by atoms with E-state index < -0.39 is 0 Å². The number of hydrogen-bond donors (Lipinski definition) is 0. The molecule has 7 heteroatoms. The van der Waals surface area contributed by atoms with Gasteiger partial charge in [0.2, 0.25) is 0 Å². The molecule has 0 bridgehead atoms. The molecule has 29 heavy (non-hydrogen) atoms. The number of benzene rings is 2. The highest BCUT2D eigenvalue weighted by atomic mass is 32.2. The molecule has 0 radical (unpaired) electrons. The van der Waals surface area contributed by atoms with Gasteiger partial charge in [0.05, 0.1) is 22.8 Å². The first-order chi connectivity index (χ1) is 13.9. The minimum Gasteiger partial charge on any atom is -0.284 e. The average Bonchev–Trinajstić information content (AvgIpc) is 3.08. The molecule has 0 N–H and O–H groups in total. The molecule has 0 saturated heterocycles. The highest BCUT2D eigenvalue weighted by Gasteiger charge is 2.23. The van der Waals surface area contributed by atoms with Gasteiger partial charge in [0.25, 0.3) is 11.1 Å². The van der Waals surface area contributed by atoms with E-state index in [1.165, 1.54) is 11.8 Å². The molecule has 2 aromatic carbocycles. The number of nitrogens with zero attached hydrogens (tertiary/aromatic N) is 4. The van der Waals surface area contributed by atoms with Crippen LogP contribution in [0.5, 0.6) is 0 Å². The van der Waals surface area contributed by atoms with E-state index >= 15 is 0 Å². The van der Waals surface area contributed by atoms with Crippen molar-refractivity contribution in [1.29, 1.82) is 0 Å². The van der Waals surface area contributed by atoms with Gasteiger partial charge >= 0.3 is 0 Å². The van der Waals surface area contributed by atoms with Crippen molar-refractivity contribution in [3.05, 3.63) is 92.8 Å². The number of hydrogen-bond acceptors (Lipinski definition) is 3. The minimum absolute atomic E-state index is 0.130. The maximum absolute atomic E-state index is 13.2. The minimum atomic E-state index is -0.130. The van der Waals surface area contributed by atoms with Gasteiger partial charge in [0.1, 0.15) is 9.79 Å². The summed E-state index contributed by atoms with van der Waals surface area (Å²) in [4.78, 5) is 27.5. The van der Waals surface area contributed by atoms with Crippen LogP contribution in [0.4, 0.5) is 0 Å². The fraction of sp³-hybridized carbons (Fsp3) is 0.182. The van der Waals surface area contributed by atoms with Gasteiger partial charge in [-0.25, -0.2) is 9.36 Å². The normalized spacial score (nSPS) is 11.2. The highest BCUT2D eigenvalue weighted by Crippen LogP contribution is 2.29. The second-order valence-electron chi connectivity index (χ2n) is 6.88. The third-order valence-corrected chi connectivity index (χ3v) is 6.56. The first-order valence-corrected chi connectivity index (χ1v) is 10.1. The molecule has 148 valence electrons. The van der Waals surface area contributed by atoms with E-state index in [1.54, 1.807) is 9.36 Å². The van der Waals surface area contributed by atoms with E-state index in [4.69, 9.17) is 0 Å². The van der Waals surface area contributed by atoms with Crippen LogP contribution >= 0.6 is 11.8 Å². The molecule has 0 aliphatic carbocycles. The molecular formula is C22H22N4O2S. The zero-order valence-corrected chi connectivity index (χ0v) is 17.6. The van der Waals surface area contributed by atoms with Crippen LogP contribution in [0.1, 0.15) is 11.4 Å². The summed E-state index contributed by atoms with van der Waals surface area (Å²) in [5, 5.41) is 0. The largest absolute Gasteiger partial charge is 0.285 e. The first-order valence-electron chi connectivity index (χ1n) is 9.27. The van der Waals surface area contributed by atoms with Crippen molar-refractivity contribution in [3.8, 4) is 11.4 Å². The van der Waals surface area contributed by atoms with E-state index in [1.807, 2.05) is 98.0 Å². The number of para-hydroxylation sites is 2. The van der Waals surface area contributed by atoms with Gasteiger partial charge in [-0.05, 0) is 38.1 Å². The quantitative estimate of drug-likeness (QED) is 0.522. The van der Waals surface area contributed by atoms with E-state index in [9.17, 15) is 9.59 Å². The lowest BCUT2D eigenvalue weighted by Crippen LogP contribution is -2.21. The number of aromatic nitrogens is 4. The Hall–Kier alpha value is -3.19. The lowest BCUT2D eigenvalue weighted by atomic mass is 10.3. The fourth-order valence-corrected chi connectivity index (χ4v) is 4.54. The third kappa shape index (κ3) is 3.07. The molecule has 2 heterocycles. The van der Waals surface area contributed by atoms with Crippen LogP contribution in [0, 0.1) is 13.8 Å². The van der Waals surface area contributed by atoms with Crippen molar-refractivity contribution in [1.82, 2.24) is 18.7 Å². The lowest BCUT2D eigenvalue weighted by molar-refractivity contribution is 0.630. The maximum Gasteiger partial charge on any atom is 0.285 e. The van der Waals surface area contributed by atoms with Crippen LogP contribution < -0.4 is 11.1 Å². The van der Waals surface area contributed by atoms with Crippen LogP contribution in [0.2, 0.25) is 0 Å². The van der Waals surface area contributed by atoms with Crippen LogP contribution in [0.3, 0.4) is 0 Å². The summed E-state index contributed by atoms with van der Waals surface area (Å²) in [5.74, 6) is 0. The van der Waals surface area contributed by atoms with Gasteiger partial charge in [0.15, 0.2) is 0 Å². The Labute approximate surface area is 172 Å². The SMILES string of the molecule is Cc1c(Sc2c(C)n(C)n(-c3ccccc3)c2=O)c(=O)n(-c2ccccc2)n1C.